The summed E-state index contributed by atoms with van der Waals surface area (Å²) in [7, 11) is -0.195. The average molecular weight is 146 g/mol. The van der Waals surface area contributed by atoms with Crippen LogP contribution in [0.5, 0.6) is 0 Å². The first-order chi connectivity index (χ1) is 3.41. The zero-order valence-electron chi connectivity index (χ0n) is 4.39. The molecule has 0 aromatic heterocycles. The Morgan fingerprint density at radius 1 is 1.62 bits per heavy atom. The van der Waals surface area contributed by atoms with Crippen LogP contribution in [0.3, 0.4) is 0 Å². The molecule has 0 amide bonds. The summed E-state index contributed by atoms with van der Waals surface area (Å²) in [5.74, 6) is 0. The Balaban J connectivity index is 0. The molecule has 8 heavy (non-hydrogen) atoms. The summed E-state index contributed by atoms with van der Waals surface area (Å²) in [6, 6.07) is 0. The number of hydrogen-bond donors (Lipinski definition) is 0. The minimum atomic E-state index is -0.195. The molecule has 4 heteroatoms. The van der Waals surface area contributed by atoms with Gasteiger partial charge >= 0.3 is 31.7 Å². The predicted molar refractivity (Wildman–Crippen MR) is 37.0 cm³/mol. The molecule has 0 N–H and O–H groups in total. The van der Waals surface area contributed by atoms with E-state index in [4.69, 9.17) is 0 Å². The molecule has 0 fully saturated rings. The lowest BCUT2D eigenvalue weighted by molar-refractivity contribution is 0.334. The molecule has 0 heterocycles. The van der Waals surface area contributed by atoms with E-state index < -0.39 is 0 Å². The van der Waals surface area contributed by atoms with Crippen molar-refractivity contribution in [3.63, 3.8) is 0 Å². The Labute approximate surface area is 67.4 Å². The normalized spacial score (nSPS) is 8.62. The highest BCUT2D eigenvalue weighted by Gasteiger charge is 1.80. The highest BCUT2D eigenvalue weighted by molar-refractivity contribution is 7.17. The topological polar surface area (TPSA) is 26.3 Å². The van der Waals surface area contributed by atoms with E-state index in [2.05, 4.69) is 11.4 Å². The van der Waals surface area contributed by atoms with Gasteiger partial charge in [0.25, 0.3) is 0 Å². The maximum atomic E-state index is 9.55. The molecule has 0 bridgehead atoms. The maximum Gasteiger partial charge on any atom is 0.327 e. The molecule has 0 aliphatic rings. The standard InChI is InChI=1S/C4H9O2P.Mg.2H/c1-2-3-4-6-7-5;;;/h2-4H2,1H3;;;. The predicted octanol–water partition coefficient (Wildman–Crippen LogP) is 1.09. The van der Waals surface area contributed by atoms with Gasteiger partial charge in [-0.2, -0.15) is 0 Å². The molecule has 0 atom stereocenters. The van der Waals surface area contributed by atoms with Crippen LogP contribution in [0.15, 0.2) is 0 Å². The van der Waals surface area contributed by atoms with Crippen molar-refractivity contribution < 1.29 is 9.09 Å². The van der Waals surface area contributed by atoms with Gasteiger partial charge in [0.05, 0.1) is 6.61 Å². The number of rotatable bonds is 4. The fourth-order valence-corrected chi connectivity index (χ4v) is 0.450. The highest BCUT2D eigenvalue weighted by atomic mass is 31.1. The van der Waals surface area contributed by atoms with Crippen molar-refractivity contribution in [1.29, 1.82) is 0 Å². The summed E-state index contributed by atoms with van der Waals surface area (Å²) in [6.07, 6.45) is 2.09. The quantitative estimate of drug-likeness (QED) is 0.337. The Morgan fingerprint density at radius 3 is 2.62 bits per heavy atom. The van der Waals surface area contributed by atoms with Gasteiger partial charge in [0.2, 0.25) is 0 Å². The first-order valence-electron chi connectivity index (χ1n) is 2.36. The van der Waals surface area contributed by atoms with Gasteiger partial charge in [-0.25, -0.2) is 4.57 Å². The first-order valence-corrected chi connectivity index (χ1v) is 3.09. The molecule has 0 saturated heterocycles. The fourth-order valence-electron chi connectivity index (χ4n) is 0.246. The third kappa shape index (κ3) is 9.95. The van der Waals surface area contributed by atoms with Crippen LogP contribution in [0.25, 0.3) is 0 Å². The lowest BCUT2D eigenvalue weighted by atomic mass is 10.4. The summed E-state index contributed by atoms with van der Waals surface area (Å²) in [6.45, 7) is 2.67. The summed E-state index contributed by atoms with van der Waals surface area (Å²) in [4.78, 5) is 0. The third-order valence-electron chi connectivity index (χ3n) is 0.642. The Bertz CT molecular complexity index is 51.3. The van der Waals surface area contributed by atoms with Crippen molar-refractivity contribution >= 4 is 31.7 Å². The van der Waals surface area contributed by atoms with Crippen molar-refractivity contribution in [2.45, 2.75) is 19.8 Å². The summed E-state index contributed by atoms with van der Waals surface area (Å²) >= 11 is 0. The van der Waals surface area contributed by atoms with Gasteiger partial charge in [-0.05, 0) is 6.42 Å². The van der Waals surface area contributed by atoms with Crippen molar-refractivity contribution in [2.24, 2.45) is 0 Å². The van der Waals surface area contributed by atoms with Crippen LogP contribution < -0.4 is 0 Å². The van der Waals surface area contributed by atoms with Crippen molar-refractivity contribution in [3.05, 3.63) is 0 Å². The molecule has 0 saturated carbocycles. The van der Waals surface area contributed by atoms with Gasteiger partial charge in [0.15, 0.2) is 0 Å². The minimum absolute atomic E-state index is 0. The van der Waals surface area contributed by atoms with Crippen LogP contribution in [-0.4, -0.2) is 29.7 Å². The number of unbranched alkanes of at least 4 members (excludes halogenated alkanes) is 1. The SMILES string of the molecule is CCCCOP=O.[MgH2]. The summed E-state index contributed by atoms with van der Waals surface area (Å²) < 4.78 is 14.0. The third-order valence-corrected chi connectivity index (χ3v) is 0.930. The molecule has 0 aromatic rings. The summed E-state index contributed by atoms with van der Waals surface area (Å²) in [5.41, 5.74) is 0. The maximum absolute atomic E-state index is 9.55. The summed E-state index contributed by atoms with van der Waals surface area (Å²) in [5, 5.41) is 0. The second-order valence-electron chi connectivity index (χ2n) is 1.26. The van der Waals surface area contributed by atoms with Gasteiger partial charge in [-0.1, -0.05) is 13.3 Å². The van der Waals surface area contributed by atoms with E-state index in [1.54, 1.807) is 0 Å². The average Bonchev–Trinajstić information content (AvgIpc) is 1.69. The van der Waals surface area contributed by atoms with E-state index in [0.717, 1.165) is 12.8 Å². The Hall–Kier alpha value is 0.826. The Morgan fingerprint density at radius 2 is 2.25 bits per heavy atom. The molecule has 0 unspecified atom stereocenters. The molecular formula is C4H11MgO2P. The highest BCUT2D eigenvalue weighted by Crippen LogP contribution is 1.96. The van der Waals surface area contributed by atoms with Crippen LogP contribution in [0, 0.1) is 0 Å². The molecule has 0 rings (SSSR count). The molecule has 0 aliphatic heterocycles. The van der Waals surface area contributed by atoms with Gasteiger partial charge in [0.1, 0.15) is 0 Å². The minimum Gasteiger partial charge on any atom is -0.294 e. The van der Waals surface area contributed by atoms with Gasteiger partial charge < -0.3 is 0 Å². The van der Waals surface area contributed by atoms with Crippen LogP contribution >= 0.6 is 8.69 Å². The van der Waals surface area contributed by atoms with Crippen molar-refractivity contribution in [2.75, 3.05) is 6.61 Å². The fraction of sp³-hybridized carbons (Fsp3) is 1.00. The molecule has 0 aromatic carbocycles. The zero-order chi connectivity index (χ0) is 5.54. The van der Waals surface area contributed by atoms with E-state index in [-0.39, 0.29) is 31.7 Å². The lowest BCUT2D eigenvalue weighted by Gasteiger charge is -1.86. The molecule has 0 spiro atoms. The van der Waals surface area contributed by atoms with E-state index in [9.17, 15) is 4.57 Å². The van der Waals surface area contributed by atoms with Crippen molar-refractivity contribution in [1.82, 2.24) is 0 Å². The monoisotopic (exact) mass is 146 g/mol. The van der Waals surface area contributed by atoms with Crippen molar-refractivity contribution in [3.8, 4) is 0 Å². The van der Waals surface area contributed by atoms with E-state index in [0.29, 0.717) is 6.61 Å². The van der Waals surface area contributed by atoms with Crippen LogP contribution in [-0.2, 0) is 9.09 Å². The second-order valence-corrected chi connectivity index (χ2v) is 1.67. The second kappa shape index (κ2) is 10.7. The molecule has 2 nitrogen and oxygen atoms in total. The van der Waals surface area contributed by atoms with Gasteiger partial charge in [-0.15, -0.1) is 0 Å². The van der Waals surface area contributed by atoms with Crippen LogP contribution in [0.4, 0.5) is 0 Å². The number of hydrogen-bond acceptors (Lipinski definition) is 2. The largest absolute Gasteiger partial charge is 0.327 e. The van der Waals surface area contributed by atoms with Crippen LogP contribution in [0.1, 0.15) is 19.8 Å². The first kappa shape index (κ1) is 11.6. The smallest absolute Gasteiger partial charge is 0.294 e. The Kier molecular flexibility index (Phi) is 15.6. The van der Waals surface area contributed by atoms with Crippen LogP contribution in [0.2, 0.25) is 0 Å². The van der Waals surface area contributed by atoms with Gasteiger partial charge in [0, 0.05) is 0 Å². The van der Waals surface area contributed by atoms with E-state index >= 15 is 0 Å². The van der Waals surface area contributed by atoms with E-state index in [1.807, 2.05) is 0 Å². The molecular weight excluding hydrogens is 135 g/mol. The lowest BCUT2D eigenvalue weighted by Crippen LogP contribution is -1.79. The molecule has 46 valence electrons. The zero-order valence-corrected chi connectivity index (χ0v) is 5.28. The van der Waals surface area contributed by atoms with E-state index in [1.165, 1.54) is 0 Å². The van der Waals surface area contributed by atoms with Gasteiger partial charge in [-0.3, -0.25) is 4.52 Å². The molecule has 0 aliphatic carbocycles. The molecule has 0 radical (unpaired) electrons.